The lowest BCUT2D eigenvalue weighted by molar-refractivity contribution is 0.0658. The zero-order valence-corrected chi connectivity index (χ0v) is 15.3. The van der Waals surface area contributed by atoms with Crippen molar-refractivity contribution >= 4 is 10.0 Å². The van der Waals surface area contributed by atoms with Crippen molar-refractivity contribution in [3.63, 3.8) is 0 Å². The molecule has 6 nitrogen and oxygen atoms in total. The van der Waals surface area contributed by atoms with E-state index >= 15 is 0 Å². The number of pyridine rings is 1. The molecule has 1 unspecified atom stereocenters. The summed E-state index contributed by atoms with van der Waals surface area (Å²) in [4.78, 5) is 6.46. The first-order valence-corrected chi connectivity index (χ1v) is 10.4. The maximum atomic E-state index is 12.4. The Labute approximate surface area is 144 Å². The van der Waals surface area contributed by atoms with Crippen molar-refractivity contribution in [3.05, 3.63) is 30.1 Å². The summed E-state index contributed by atoms with van der Waals surface area (Å²) in [5.41, 5.74) is 1.04. The number of nitrogens with zero attached hydrogens (tertiary/aromatic N) is 3. The van der Waals surface area contributed by atoms with Crippen LogP contribution in [0, 0.1) is 0 Å². The molecule has 134 valence electrons. The number of hydrogen-bond acceptors (Lipinski definition) is 5. The molecule has 1 aromatic heterocycles. The van der Waals surface area contributed by atoms with Gasteiger partial charge in [0.25, 0.3) is 0 Å². The summed E-state index contributed by atoms with van der Waals surface area (Å²) < 4.78 is 31.9. The zero-order valence-electron chi connectivity index (χ0n) is 14.5. The van der Waals surface area contributed by atoms with Crippen molar-refractivity contribution < 1.29 is 13.2 Å². The summed E-state index contributed by atoms with van der Waals surface area (Å²) in [6.45, 7) is 3.23. The van der Waals surface area contributed by atoms with Crippen LogP contribution in [0.5, 0.6) is 0 Å². The third kappa shape index (κ3) is 3.64. The third-order valence-corrected chi connectivity index (χ3v) is 6.80. The SMILES string of the molecule is COCC1CCC2(CCN(Cc3ccncc3)CC2)N1S(C)(=O)=O. The van der Waals surface area contributed by atoms with Gasteiger partial charge < -0.3 is 4.74 Å². The second kappa shape index (κ2) is 7.07. The normalized spacial score (nSPS) is 25.3. The Balaban J connectivity index is 1.69. The maximum absolute atomic E-state index is 12.4. The quantitative estimate of drug-likeness (QED) is 0.802. The predicted molar refractivity (Wildman–Crippen MR) is 93.1 cm³/mol. The van der Waals surface area contributed by atoms with Gasteiger partial charge in [-0.25, -0.2) is 8.42 Å². The molecule has 2 saturated heterocycles. The number of piperidine rings is 1. The molecule has 1 spiro atoms. The van der Waals surface area contributed by atoms with Crippen molar-refractivity contribution in [2.24, 2.45) is 0 Å². The van der Waals surface area contributed by atoms with Crippen LogP contribution < -0.4 is 0 Å². The average molecular weight is 353 g/mol. The van der Waals surface area contributed by atoms with Gasteiger partial charge in [-0.1, -0.05) is 0 Å². The predicted octanol–water partition coefficient (Wildman–Crippen LogP) is 1.49. The van der Waals surface area contributed by atoms with Gasteiger partial charge in [0.2, 0.25) is 10.0 Å². The smallest absolute Gasteiger partial charge is 0.212 e. The highest BCUT2D eigenvalue weighted by atomic mass is 32.2. The topological polar surface area (TPSA) is 62.7 Å². The molecule has 0 saturated carbocycles. The Bertz CT molecular complexity index is 642. The van der Waals surface area contributed by atoms with Crippen LogP contribution in [0.15, 0.2) is 24.5 Å². The van der Waals surface area contributed by atoms with Gasteiger partial charge in [-0.3, -0.25) is 9.88 Å². The first kappa shape index (κ1) is 17.8. The van der Waals surface area contributed by atoms with Gasteiger partial charge in [-0.2, -0.15) is 4.31 Å². The second-order valence-electron chi connectivity index (χ2n) is 7.06. The number of methoxy groups -OCH3 is 1. The van der Waals surface area contributed by atoms with E-state index in [-0.39, 0.29) is 11.6 Å². The molecule has 0 aliphatic carbocycles. The van der Waals surface area contributed by atoms with Gasteiger partial charge in [0.15, 0.2) is 0 Å². The molecule has 0 aromatic carbocycles. The maximum Gasteiger partial charge on any atom is 0.212 e. The Morgan fingerprint density at radius 2 is 1.92 bits per heavy atom. The molecule has 0 bridgehead atoms. The Morgan fingerprint density at radius 1 is 1.25 bits per heavy atom. The van der Waals surface area contributed by atoms with Crippen molar-refractivity contribution in [3.8, 4) is 0 Å². The van der Waals surface area contributed by atoms with Crippen molar-refractivity contribution in [1.29, 1.82) is 0 Å². The van der Waals surface area contributed by atoms with E-state index in [0.29, 0.717) is 6.61 Å². The molecular weight excluding hydrogens is 326 g/mol. The van der Waals surface area contributed by atoms with Crippen LogP contribution in [0.3, 0.4) is 0 Å². The summed E-state index contributed by atoms with van der Waals surface area (Å²) in [6, 6.07) is 4.06. The lowest BCUT2D eigenvalue weighted by atomic mass is 9.86. The van der Waals surface area contributed by atoms with Crippen molar-refractivity contribution in [2.75, 3.05) is 33.1 Å². The van der Waals surface area contributed by atoms with Gasteiger partial charge in [-0.05, 0) is 43.4 Å². The molecule has 0 amide bonds. The van der Waals surface area contributed by atoms with Crippen LogP contribution in [0.25, 0.3) is 0 Å². The molecule has 1 atom stereocenters. The molecule has 1 aromatic rings. The molecule has 2 aliphatic rings. The highest BCUT2D eigenvalue weighted by molar-refractivity contribution is 7.88. The number of ether oxygens (including phenoxy) is 1. The van der Waals surface area contributed by atoms with Crippen molar-refractivity contribution in [1.82, 2.24) is 14.2 Å². The molecular formula is C17H27N3O3S. The first-order valence-electron chi connectivity index (χ1n) is 8.54. The fraction of sp³-hybridized carbons (Fsp3) is 0.706. The fourth-order valence-electron chi connectivity index (χ4n) is 4.36. The lowest BCUT2D eigenvalue weighted by Crippen LogP contribution is -2.56. The first-order chi connectivity index (χ1) is 11.4. The number of rotatable bonds is 5. The summed E-state index contributed by atoms with van der Waals surface area (Å²) >= 11 is 0. The monoisotopic (exact) mass is 353 g/mol. The van der Waals surface area contributed by atoms with Gasteiger partial charge in [0.1, 0.15) is 0 Å². The van der Waals surface area contributed by atoms with Gasteiger partial charge >= 0.3 is 0 Å². The van der Waals surface area contributed by atoms with E-state index in [9.17, 15) is 8.42 Å². The van der Waals surface area contributed by atoms with Crippen LogP contribution in [0.4, 0.5) is 0 Å². The second-order valence-corrected chi connectivity index (χ2v) is 8.92. The number of hydrogen-bond donors (Lipinski definition) is 0. The Morgan fingerprint density at radius 3 is 2.50 bits per heavy atom. The van der Waals surface area contributed by atoms with Crippen LogP contribution in [0.1, 0.15) is 31.2 Å². The van der Waals surface area contributed by atoms with Crippen LogP contribution in [0.2, 0.25) is 0 Å². The average Bonchev–Trinajstić information content (AvgIpc) is 2.90. The van der Waals surface area contributed by atoms with Gasteiger partial charge in [0.05, 0.1) is 12.9 Å². The van der Waals surface area contributed by atoms with Crippen LogP contribution in [-0.2, 0) is 21.3 Å². The van der Waals surface area contributed by atoms with E-state index in [2.05, 4.69) is 9.88 Å². The van der Waals surface area contributed by atoms with Crippen LogP contribution >= 0.6 is 0 Å². The fourth-order valence-corrected chi connectivity index (χ4v) is 6.05. The number of sulfonamides is 1. The molecule has 2 aliphatic heterocycles. The summed E-state index contributed by atoms with van der Waals surface area (Å²) in [7, 11) is -1.59. The Kier molecular flexibility index (Phi) is 5.24. The molecule has 0 radical (unpaired) electrons. The van der Waals surface area contributed by atoms with E-state index in [4.69, 9.17) is 4.74 Å². The number of likely N-dealkylation sites (tertiary alicyclic amines) is 1. The van der Waals surface area contributed by atoms with E-state index in [1.54, 1.807) is 11.4 Å². The van der Waals surface area contributed by atoms with Gasteiger partial charge in [-0.15, -0.1) is 0 Å². The highest BCUT2D eigenvalue weighted by Gasteiger charge is 2.51. The standard InChI is InChI=1S/C17H27N3O3S/c1-23-14-16-3-6-17(20(16)24(2,21)22)7-11-19(12-8-17)13-15-4-9-18-10-5-15/h4-5,9-10,16H,3,6-8,11-14H2,1-2H3. The van der Waals surface area contributed by atoms with E-state index in [1.807, 2.05) is 24.5 Å². The zero-order chi connectivity index (χ0) is 17.2. The third-order valence-electron chi connectivity index (χ3n) is 5.40. The minimum Gasteiger partial charge on any atom is -0.383 e. The summed E-state index contributed by atoms with van der Waals surface area (Å²) in [5.74, 6) is 0. The minimum absolute atomic E-state index is 0.0169. The molecule has 0 N–H and O–H groups in total. The highest BCUT2D eigenvalue weighted by Crippen LogP contribution is 2.43. The van der Waals surface area contributed by atoms with E-state index in [1.165, 1.54) is 11.8 Å². The van der Waals surface area contributed by atoms with E-state index in [0.717, 1.165) is 45.3 Å². The molecule has 24 heavy (non-hydrogen) atoms. The summed E-state index contributed by atoms with van der Waals surface area (Å²) in [5, 5.41) is 0. The molecule has 3 heterocycles. The lowest BCUT2D eigenvalue weighted by Gasteiger charge is -2.45. The molecule has 2 fully saturated rings. The molecule has 7 heteroatoms. The minimum atomic E-state index is -3.23. The largest absolute Gasteiger partial charge is 0.383 e. The van der Waals surface area contributed by atoms with Gasteiger partial charge in [0, 0.05) is 50.7 Å². The summed E-state index contributed by atoms with van der Waals surface area (Å²) in [6.07, 6.45) is 8.60. The number of aromatic nitrogens is 1. The van der Waals surface area contributed by atoms with Crippen molar-refractivity contribution in [2.45, 2.75) is 43.8 Å². The molecule has 3 rings (SSSR count). The Hall–Kier alpha value is -1.02. The van der Waals surface area contributed by atoms with E-state index < -0.39 is 10.0 Å². The van der Waals surface area contributed by atoms with Crippen LogP contribution in [-0.4, -0.2) is 67.2 Å².